The fourth-order valence-electron chi connectivity index (χ4n) is 3.67. The van der Waals surface area contributed by atoms with Crippen LogP contribution in [0.4, 0.5) is 0 Å². The quantitative estimate of drug-likeness (QED) is 0.200. The van der Waals surface area contributed by atoms with Crippen molar-refractivity contribution in [1.29, 1.82) is 0 Å². The van der Waals surface area contributed by atoms with Gasteiger partial charge in [0.05, 0.1) is 11.3 Å². The summed E-state index contributed by atoms with van der Waals surface area (Å²) in [4.78, 5) is 39.7. The molecule has 35 heavy (non-hydrogen) atoms. The Balaban J connectivity index is 2.43. The highest BCUT2D eigenvalue weighted by atomic mass is 16.7. The first kappa shape index (κ1) is 28.3. The van der Waals surface area contributed by atoms with Crippen LogP contribution in [0.1, 0.15) is 80.4 Å². The van der Waals surface area contributed by atoms with E-state index in [2.05, 4.69) is 42.7 Å². The lowest BCUT2D eigenvalue weighted by atomic mass is 10.1. The molecular formula is C26H42N6O3. The smallest absolute Gasteiger partial charge is 0.385 e. The van der Waals surface area contributed by atoms with E-state index in [1.54, 1.807) is 18.3 Å². The lowest BCUT2D eigenvalue weighted by Crippen LogP contribution is -2.34. The number of carbonyl (C=O) groups excluding carboxylic acids is 2. The number of hydrogen-bond donors (Lipinski definition) is 1. The molecule has 0 aliphatic rings. The molecule has 1 amide bonds. The van der Waals surface area contributed by atoms with Crippen LogP contribution >= 0.6 is 0 Å². The van der Waals surface area contributed by atoms with Gasteiger partial charge in [0.15, 0.2) is 5.69 Å². The summed E-state index contributed by atoms with van der Waals surface area (Å²) in [6.07, 6.45) is 5.10. The molecule has 2 aromatic rings. The molecule has 0 atom stereocenters. The first-order valence-electron chi connectivity index (χ1n) is 12.5. The third-order valence-electron chi connectivity index (χ3n) is 5.69. The van der Waals surface area contributed by atoms with Crippen molar-refractivity contribution in [2.45, 2.75) is 60.3 Å². The summed E-state index contributed by atoms with van der Waals surface area (Å²) in [5, 5.41) is 3.59. The molecule has 0 spiro atoms. The van der Waals surface area contributed by atoms with E-state index in [0.29, 0.717) is 35.2 Å². The molecule has 0 radical (unpaired) electrons. The van der Waals surface area contributed by atoms with Gasteiger partial charge in [0.1, 0.15) is 11.5 Å². The average molecular weight is 487 g/mol. The zero-order valence-electron chi connectivity index (χ0n) is 22.4. The number of nitrogens with zero attached hydrogens (tertiary/aromatic N) is 5. The van der Waals surface area contributed by atoms with Crippen molar-refractivity contribution in [3.8, 4) is 0 Å². The number of amides is 1. The van der Waals surface area contributed by atoms with Gasteiger partial charge in [-0.3, -0.25) is 4.79 Å². The van der Waals surface area contributed by atoms with Crippen LogP contribution in [0.3, 0.4) is 0 Å². The van der Waals surface area contributed by atoms with Crippen LogP contribution in [0.25, 0.3) is 5.65 Å². The molecule has 0 unspecified atom stereocenters. The number of nitrogens with two attached hydrogens (primary N) is 1. The van der Waals surface area contributed by atoms with Crippen molar-refractivity contribution in [2.24, 2.45) is 22.7 Å². The van der Waals surface area contributed by atoms with Gasteiger partial charge in [-0.1, -0.05) is 32.9 Å². The predicted octanol–water partition coefficient (Wildman–Crippen LogP) is 3.81. The molecule has 9 heteroatoms. The SMILES string of the molecule is C/C(N)=N/OC(=O)c1nc2ccc(C(=O)N(CCC(C)C)CCC(C)C)cn2c1CCCN(C)C. The van der Waals surface area contributed by atoms with Crippen LogP contribution in [-0.2, 0) is 11.3 Å². The highest BCUT2D eigenvalue weighted by molar-refractivity contribution is 5.95. The Labute approximate surface area is 209 Å². The number of pyridine rings is 1. The second-order valence-electron chi connectivity index (χ2n) is 10.2. The van der Waals surface area contributed by atoms with E-state index in [0.717, 1.165) is 38.9 Å². The minimum atomic E-state index is -0.665. The largest absolute Gasteiger partial charge is 0.385 e. The molecule has 0 aromatic carbocycles. The standard InChI is InChI=1S/C26H42N6O3/c1-18(2)12-15-31(16-13-19(3)4)25(33)21-10-11-23-28-24(26(34)35-29-20(5)27)22(32(23)17-21)9-8-14-30(6)7/h10-11,17-19H,8-9,12-16H2,1-7H3,(H2,27,29). The number of amidine groups is 1. The van der Waals surface area contributed by atoms with Gasteiger partial charge in [0, 0.05) is 19.3 Å². The summed E-state index contributed by atoms with van der Waals surface area (Å²) < 4.78 is 1.83. The molecule has 0 saturated carbocycles. The molecule has 0 aliphatic heterocycles. The Bertz CT molecular complexity index is 1010. The molecule has 9 nitrogen and oxygen atoms in total. The van der Waals surface area contributed by atoms with Crippen molar-refractivity contribution in [3.05, 3.63) is 35.3 Å². The predicted molar refractivity (Wildman–Crippen MR) is 140 cm³/mol. The van der Waals surface area contributed by atoms with Crippen molar-refractivity contribution in [3.63, 3.8) is 0 Å². The number of fused-ring (bicyclic) bond motifs is 1. The summed E-state index contributed by atoms with van der Waals surface area (Å²) in [6.45, 7) is 12.5. The topological polar surface area (TPSA) is 106 Å². The Morgan fingerprint density at radius 3 is 2.26 bits per heavy atom. The summed E-state index contributed by atoms with van der Waals surface area (Å²) in [7, 11) is 4.00. The highest BCUT2D eigenvalue weighted by Crippen LogP contribution is 2.19. The van der Waals surface area contributed by atoms with E-state index in [1.807, 2.05) is 23.4 Å². The Kier molecular flexibility index (Phi) is 10.7. The average Bonchev–Trinajstić information content (AvgIpc) is 3.14. The van der Waals surface area contributed by atoms with E-state index in [-0.39, 0.29) is 17.4 Å². The van der Waals surface area contributed by atoms with Gasteiger partial charge in [0.25, 0.3) is 5.91 Å². The van der Waals surface area contributed by atoms with Crippen LogP contribution in [0.2, 0.25) is 0 Å². The fourth-order valence-corrected chi connectivity index (χ4v) is 3.67. The van der Waals surface area contributed by atoms with E-state index >= 15 is 0 Å². The Morgan fingerprint density at radius 1 is 1.09 bits per heavy atom. The first-order chi connectivity index (χ1) is 16.5. The number of oxime groups is 1. The number of rotatable bonds is 13. The zero-order valence-corrected chi connectivity index (χ0v) is 22.4. The van der Waals surface area contributed by atoms with Crippen molar-refractivity contribution in [2.75, 3.05) is 33.7 Å². The molecule has 0 aliphatic carbocycles. The number of imidazole rings is 1. The normalized spacial score (nSPS) is 12.2. The van der Waals surface area contributed by atoms with Gasteiger partial charge in [-0.2, -0.15) is 0 Å². The molecule has 0 bridgehead atoms. The molecule has 194 valence electrons. The van der Waals surface area contributed by atoms with Crippen molar-refractivity contribution in [1.82, 2.24) is 19.2 Å². The monoisotopic (exact) mass is 486 g/mol. The molecule has 2 heterocycles. The van der Waals surface area contributed by atoms with E-state index in [9.17, 15) is 9.59 Å². The second-order valence-corrected chi connectivity index (χ2v) is 10.2. The van der Waals surface area contributed by atoms with Crippen LogP contribution in [0, 0.1) is 11.8 Å². The Hall–Kier alpha value is -2.94. The van der Waals surface area contributed by atoms with E-state index in [1.165, 1.54) is 6.92 Å². The van der Waals surface area contributed by atoms with Crippen LogP contribution < -0.4 is 5.73 Å². The lowest BCUT2D eigenvalue weighted by Gasteiger charge is -2.24. The minimum Gasteiger partial charge on any atom is -0.385 e. The van der Waals surface area contributed by atoms with Crippen LogP contribution in [-0.4, -0.2) is 70.6 Å². The fraction of sp³-hybridized carbons (Fsp3) is 0.615. The number of aryl methyl sites for hydroxylation is 1. The zero-order chi connectivity index (χ0) is 26.1. The van der Waals surface area contributed by atoms with E-state index in [4.69, 9.17) is 10.6 Å². The van der Waals surface area contributed by atoms with Gasteiger partial charge in [0.2, 0.25) is 0 Å². The van der Waals surface area contributed by atoms with Crippen molar-refractivity contribution < 1.29 is 14.4 Å². The summed E-state index contributed by atoms with van der Waals surface area (Å²) in [5.41, 5.74) is 7.56. The van der Waals surface area contributed by atoms with Crippen LogP contribution in [0.5, 0.6) is 0 Å². The molecule has 0 saturated heterocycles. The van der Waals surface area contributed by atoms with Gasteiger partial charge in [-0.15, -0.1) is 0 Å². The third-order valence-corrected chi connectivity index (χ3v) is 5.69. The summed E-state index contributed by atoms with van der Waals surface area (Å²) in [5.74, 6) is 0.497. The first-order valence-corrected chi connectivity index (χ1v) is 12.5. The van der Waals surface area contributed by atoms with Gasteiger partial charge < -0.3 is 24.8 Å². The molecule has 2 rings (SSSR count). The maximum absolute atomic E-state index is 13.5. The van der Waals surface area contributed by atoms with Crippen molar-refractivity contribution >= 4 is 23.4 Å². The Morgan fingerprint density at radius 2 is 1.71 bits per heavy atom. The maximum atomic E-state index is 13.5. The maximum Gasteiger partial charge on any atom is 0.385 e. The highest BCUT2D eigenvalue weighted by Gasteiger charge is 2.23. The molecular weight excluding hydrogens is 444 g/mol. The lowest BCUT2D eigenvalue weighted by molar-refractivity contribution is 0.0507. The number of hydrogen-bond acceptors (Lipinski definition) is 6. The third kappa shape index (κ3) is 8.65. The summed E-state index contributed by atoms with van der Waals surface area (Å²) in [6, 6.07) is 3.56. The summed E-state index contributed by atoms with van der Waals surface area (Å²) >= 11 is 0. The molecule has 0 fully saturated rings. The van der Waals surface area contributed by atoms with Gasteiger partial charge in [-0.05, 0) is 77.2 Å². The number of carbonyl (C=O) groups is 2. The number of aromatic nitrogens is 2. The second kappa shape index (κ2) is 13.2. The minimum absolute atomic E-state index is 0.00590. The molecule has 2 aromatic heterocycles. The van der Waals surface area contributed by atoms with Gasteiger partial charge >= 0.3 is 5.97 Å². The van der Waals surface area contributed by atoms with Crippen LogP contribution in [0.15, 0.2) is 23.5 Å². The van der Waals surface area contributed by atoms with E-state index < -0.39 is 5.97 Å². The molecule has 2 N–H and O–H groups in total. The van der Waals surface area contributed by atoms with Gasteiger partial charge in [-0.25, -0.2) is 9.78 Å².